The van der Waals surface area contributed by atoms with Crippen molar-refractivity contribution in [1.82, 2.24) is 0 Å². The number of likely N-dealkylation sites (N-methyl/N-ethyl adjacent to an activating group) is 1. The molecule has 1 aliphatic heterocycles. The Kier molecular flexibility index (Phi) is 8.85. The van der Waals surface area contributed by atoms with Gasteiger partial charge in [0.15, 0.2) is 11.5 Å². The molecule has 0 saturated carbocycles. The molecule has 1 atom stereocenters. The summed E-state index contributed by atoms with van der Waals surface area (Å²) in [6.45, 7) is 0.118. The number of fused-ring (bicyclic) bond motifs is 1. The van der Waals surface area contributed by atoms with Crippen LogP contribution < -0.4 is 28.7 Å². The van der Waals surface area contributed by atoms with E-state index in [1.54, 1.807) is 54.4 Å². The van der Waals surface area contributed by atoms with E-state index in [9.17, 15) is 23.1 Å². The number of benzene rings is 3. The largest absolute Gasteiger partial charge is 0.573 e. The zero-order valence-corrected chi connectivity index (χ0v) is 22.8. The molecule has 0 spiro atoms. The summed E-state index contributed by atoms with van der Waals surface area (Å²) < 4.78 is 59.6. The van der Waals surface area contributed by atoms with Crippen molar-refractivity contribution in [2.75, 3.05) is 50.8 Å². The maximum atomic E-state index is 14.2. The van der Waals surface area contributed by atoms with Crippen molar-refractivity contribution in [3.8, 4) is 23.0 Å². The molecule has 3 aromatic carbocycles. The highest BCUT2D eigenvalue weighted by Crippen LogP contribution is 2.42. The van der Waals surface area contributed by atoms with E-state index in [1.807, 2.05) is 0 Å². The van der Waals surface area contributed by atoms with E-state index in [0.29, 0.717) is 45.4 Å². The van der Waals surface area contributed by atoms with Crippen molar-refractivity contribution in [1.29, 1.82) is 0 Å². The summed E-state index contributed by atoms with van der Waals surface area (Å²) in [7, 11) is 4.46. The van der Waals surface area contributed by atoms with Gasteiger partial charge in [-0.2, -0.15) is 0 Å². The van der Waals surface area contributed by atoms with Crippen LogP contribution >= 0.6 is 11.6 Å². The third kappa shape index (κ3) is 6.48. The first-order valence-electron chi connectivity index (χ1n) is 12.2. The molecular formula is C28H28ClF3N2O6. The summed E-state index contributed by atoms with van der Waals surface area (Å²) in [5.74, 6) is -0.114. The van der Waals surface area contributed by atoms with Gasteiger partial charge in [-0.3, -0.25) is 4.79 Å². The Morgan fingerprint density at radius 3 is 2.38 bits per heavy atom. The Bertz CT molecular complexity index is 1350. The summed E-state index contributed by atoms with van der Waals surface area (Å²) in [6.07, 6.45) is -4.53. The lowest BCUT2D eigenvalue weighted by Crippen LogP contribution is -2.41. The number of methoxy groups -OCH3 is 2. The van der Waals surface area contributed by atoms with E-state index in [0.717, 1.165) is 0 Å². The van der Waals surface area contributed by atoms with Crippen LogP contribution in [0.25, 0.3) is 0 Å². The lowest BCUT2D eigenvalue weighted by Gasteiger charge is -2.33. The Morgan fingerprint density at radius 1 is 1.05 bits per heavy atom. The number of rotatable bonds is 10. The van der Waals surface area contributed by atoms with Gasteiger partial charge in [-0.05, 0) is 35.7 Å². The number of amides is 1. The van der Waals surface area contributed by atoms with Crippen LogP contribution in [0.2, 0.25) is 5.02 Å². The summed E-state index contributed by atoms with van der Waals surface area (Å²) in [5.41, 5.74) is 2.12. The topological polar surface area (TPSA) is 80.7 Å². The van der Waals surface area contributed by atoms with Gasteiger partial charge >= 0.3 is 6.36 Å². The van der Waals surface area contributed by atoms with Gasteiger partial charge in [0.25, 0.3) is 5.91 Å². The minimum absolute atomic E-state index is 0.0617. The molecule has 0 fully saturated rings. The fourth-order valence-corrected chi connectivity index (χ4v) is 4.71. The minimum atomic E-state index is -4.94. The molecule has 0 aliphatic carbocycles. The van der Waals surface area contributed by atoms with E-state index < -0.39 is 18.2 Å². The number of anilines is 2. The predicted molar refractivity (Wildman–Crippen MR) is 144 cm³/mol. The number of ether oxygens (including phenoxy) is 4. The number of carbonyl (C=O) groups excluding carboxylic acids is 1. The van der Waals surface area contributed by atoms with E-state index in [2.05, 4.69) is 4.74 Å². The summed E-state index contributed by atoms with van der Waals surface area (Å²) in [5, 5.41) is 9.65. The van der Waals surface area contributed by atoms with Crippen molar-refractivity contribution in [2.45, 2.75) is 18.8 Å². The van der Waals surface area contributed by atoms with Crippen LogP contribution in [0.5, 0.6) is 23.0 Å². The van der Waals surface area contributed by atoms with Crippen LogP contribution in [0.4, 0.5) is 24.5 Å². The molecule has 1 aliphatic rings. The van der Waals surface area contributed by atoms with E-state index in [1.165, 1.54) is 31.3 Å². The summed E-state index contributed by atoms with van der Waals surface area (Å²) >= 11 is 6.11. The average molecular weight is 581 g/mol. The molecule has 12 heteroatoms. The molecule has 4 rings (SSSR count). The van der Waals surface area contributed by atoms with Gasteiger partial charge in [0, 0.05) is 48.6 Å². The highest BCUT2D eigenvalue weighted by molar-refractivity contribution is 6.30. The SMILES string of the molecule is COc1cc(OCCO)cc(N(C)C(C(=O)N2CCc3cc(OC)c(OC(F)(F)F)cc32)c2ccc(Cl)cc2)c1. The van der Waals surface area contributed by atoms with Crippen LogP contribution in [0.3, 0.4) is 0 Å². The van der Waals surface area contributed by atoms with Gasteiger partial charge in [-0.15, -0.1) is 13.2 Å². The number of hydrogen-bond donors (Lipinski definition) is 1. The maximum Gasteiger partial charge on any atom is 0.573 e. The predicted octanol–water partition coefficient (Wildman–Crippen LogP) is 5.39. The van der Waals surface area contributed by atoms with Crippen molar-refractivity contribution < 1.29 is 42.0 Å². The van der Waals surface area contributed by atoms with Crippen LogP contribution in [-0.4, -0.2) is 58.4 Å². The van der Waals surface area contributed by atoms with Crippen LogP contribution in [0.1, 0.15) is 17.2 Å². The number of nitrogens with zero attached hydrogens (tertiary/aromatic N) is 2. The molecule has 214 valence electrons. The molecule has 1 heterocycles. The Labute approximate surface area is 234 Å². The summed E-state index contributed by atoms with van der Waals surface area (Å²) in [4.78, 5) is 17.4. The van der Waals surface area contributed by atoms with Gasteiger partial charge in [-0.25, -0.2) is 0 Å². The molecule has 1 unspecified atom stereocenters. The van der Waals surface area contributed by atoms with Crippen molar-refractivity contribution in [2.24, 2.45) is 0 Å². The van der Waals surface area contributed by atoms with E-state index >= 15 is 0 Å². The second-order valence-corrected chi connectivity index (χ2v) is 9.36. The first-order valence-corrected chi connectivity index (χ1v) is 12.6. The summed E-state index contributed by atoms with van der Waals surface area (Å²) in [6, 6.07) is 13.5. The quantitative estimate of drug-likeness (QED) is 0.344. The van der Waals surface area contributed by atoms with Gasteiger partial charge in [-0.1, -0.05) is 23.7 Å². The second kappa shape index (κ2) is 12.1. The molecule has 0 aromatic heterocycles. The van der Waals surface area contributed by atoms with Gasteiger partial charge < -0.3 is 33.9 Å². The molecule has 0 bridgehead atoms. The molecule has 1 amide bonds. The number of aliphatic hydroxyl groups is 1. The van der Waals surface area contributed by atoms with E-state index in [-0.39, 0.29) is 31.4 Å². The first-order chi connectivity index (χ1) is 19.0. The minimum Gasteiger partial charge on any atom is -0.497 e. The first kappa shape index (κ1) is 29.2. The molecule has 0 radical (unpaired) electrons. The lowest BCUT2D eigenvalue weighted by molar-refractivity contribution is -0.275. The zero-order chi connectivity index (χ0) is 29.0. The maximum absolute atomic E-state index is 14.2. The highest BCUT2D eigenvalue weighted by Gasteiger charge is 2.37. The van der Waals surface area contributed by atoms with Crippen LogP contribution in [-0.2, 0) is 11.2 Å². The van der Waals surface area contributed by atoms with Crippen LogP contribution in [0, 0.1) is 0 Å². The standard InChI is InChI=1S/C28H28ClF3N2O6/c1-33(20-13-21(37-2)15-22(14-20)39-11-10-35)26(17-4-6-19(29)7-5-17)27(36)34-9-8-18-12-24(38-3)25(16-23(18)34)40-28(30,31)32/h4-7,12-16,26,35H,8-11H2,1-3H3. The van der Waals surface area contributed by atoms with E-state index in [4.69, 9.17) is 25.8 Å². The molecule has 3 aromatic rings. The number of hydrogen-bond acceptors (Lipinski definition) is 7. The van der Waals surface area contributed by atoms with Crippen molar-refractivity contribution >= 4 is 28.9 Å². The number of carbonyl (C=O) groups is 1. The molecule has 1 N–H and O–H groups in total. The normalized spacial score (nSPS) is 13.4. The number of halogens is 4. The third-order valence-corrected chi connectivity index (χ3v) is 6.68. The molecule has 0 saturated heterocycles. The average Bonchev–Trinajstić information content (AvgIpc) is 3.34. The third-order valence-electron chi connectivity index (χ3n) is 6.43. The van der Waals surface area contributed by atoms with Crippen molar-refractivity contribution in [3.63, 3.8) is 0 Å². The Morgan fingerprint density at radius 2 is 1.75 bits per heavy atom. The molecule has 40 heavy (non-hydrogen) atoms. The Balaban J connectivity index is 1.77. The molecule has 8 nitrogen and oxygen atoms in total. The number of alkyl halides is 3. The van der Waals surface area contributed by atoms with Crippen molar-refractivity contribution in [3.05, 3.63) is 70.7 Å². The second-order valence-electron chi connectivity index (χ2n) is 8.92. The lowest BCUT2D eigenvalue weighted by atomic mass is 10.0. The zero-order valence-electron chi connectivity index (χ0n) is 22.0. The highest BCUT2D eigenvalue weighted by atomic mass is 35.5. The monoisotopic (exact) mass is 580 g/mol. The molecular weight excluding hydrogens is 553 g/mol. The Hall–Kier alpha value is -3.83. The van der Waals surface area contributed by atoms with Gasteiger partial charge in [0.05, 0.1) is 26.5 Å². The van der Waals surface area contributed by atoms with Crippen LogP contribution in [0.15, 0.2) is 54.6 Å². The number of aliphatic hydroxyl groups excluding tert-OH is 1. The van der Waals surface area contributed by atoms with Gasteiger partial charge in [0.2, 0.25) is 0 Å². The smallest absolute Gasteiger partial charge is 0.497 e. The fourth-order valence-electron chi connectivity index (χ4n) is 4.59. The van der Waals surface area contributed by atoms with Gasteiger partial charge in [0.1, 0.15) is 24.1 Å². The fraction of sp³-hybridized carbons (Fsp3) is 0.321.